The third kappa shape index (κ3) is 4.83. The van der Waals surface area contributed by atoms with Crippen molar-refractivity contribution in [2.75, 3.05) is 13.6 Å². The number of aryl methyl sites for hydroxylation is 2. The van der Waals surface area contributed by atoms with Crippen molar-refractivity contribution in [3.8, 4) is 11.3 Å². The highest BCUT2D eigenvalue weighted by Gasteiger charge is 2.19. The van der Waals surface area contributed by atoms with Crippen molar-refractivity contribution in [3.63, 3.8) is 0 Å². The van der Waals surface area contributed by atoms with Gasteiger partial charge in [0.2, 0.25) is 5.91 Å². The molecule has 1 aromatic heterocycles. The Labute approximate surface area is 159 Å². The fraction of sp³-hybridized carbons (Fsp3) is 0.273. The molecule has 1 heterocycles. The van der Waals surface area contributed by atoms with E-state index in [9.17, 15) is 4.79 Å². The van der Waals surface area contributed by atoms with Crippen LogP contribution in [0.15, 0.2) is 65.2 Å². The van der Waals surface area contributed by atoms with Gasteiger partial charge in [0.05, 0.1) is 0 Å². The van der Waals surface area contributed by atoms with E-state index in [0.29, 0.717) is 6.54 Å². The zero-order valence-corrected chi connectivity index (χ0v) is 15.8. The Morgan fingerprint density at radius 2 is 1.85 bits per heavy atom. The summed E-state index contributed by atoms with van der Waals surface area (Å²) in [6.45, 7) is 2.62. The van der Waals surface area contributed by atoms with Gasteiger partial charge >= 0.3 is 0 Å². The van der Waals surface area contributed by atoms with Gasteiger partial charge in [-0.25, -0.2) is 0 Å². The molecule has 0 radical (unpaired) electrons. The van der Waals surface area contributed by atoms with E-state index in [1.54, 1.807) is 11.9 Å². The molecule has 2 aromatic carbocycles. The molecule has 5 nitrogen and oxygen atoms in total. The number of nitrogens with two attached hydrogens (primary N) is 1. The highest BCUT2D eigenvalue weighted by atomic mass is 16.5. The lowest BCUT2D eigenvalue weighted by Gasteiger charge is -2.21. The van der Waals surface area contributed by atoms with Crippen molar-refractivity contribution in [1.82, 2.24) is 10.1 Å². The predicted octanol–water partition coefficient (Wildman–Crippen LogP) is 3.74. The first-order valence-electron chi connectivity index (χ1n) is 9.13. The molecule has 0 fully saturated rings. The lowest BCUT2D eigenvalue weighted by atomic mass is 10.0. The maximum Gasteiger partial charge on any atom is 0.243 e. The number of hydrogen-bond donors (Lipinski definition) is 1. The molecule has 1 amide bonds. The van der Waals surface area contributed by atoms with Crippen molar-refractivity contribution >= 4 is 5.91 Å². The van der Waals surface area contributed by atoms with Gasteiger partial charge in [-0.15, -0.1) is 0 Å². The molecule has 0 spiro atoms. The summed E-state index contributed by atoms with van der Waals surface area (Å²) in [5.41, 5.74) is 9.96. The summed E-state index contributed by atoms with van der Waals surface area (Å²) < 4.78 is 5.41. The van der Waals surface area contributed by atoms with Crippen LogP contribution in [-0.2, 0) is 11.2 Å². The second kappa shape index (κ2) is 8.64. The van der Waals surface area contributed by atoms with E-state index in [1.165, 1.54) is 0 Å². The first kappa shape index (κ1) is 18.9. The highest BCUT2D eigenvalue weighted by Crippen LogP contribution is 2.19. The molecule has 0 saturated heterocycles. The molecular formula is C22H25N3O2. The maximum atomic E-state index is 12.5. The van der Waals surface area contributed by atoms with E-state index in [2.05, 4.69) is 5.16 Å². The van der Waals surface area contributed by atoms with E-state index < -0.39 is 6.04 Å². The smallest absolute Gasteiger partial charge is 0.243 e. The quantitative estimate of drug-likeness (QED) is 0.694. The molecular weight excluding hydrogens is 338 g/mol. The standard InChI is InChI=1S/C22H25N3O2/c1-16-10-12-18(13-11-16)21(23)22(26)25(2)14-6-9-19-15-20(24-27-19)17-7-4-3-5-8-17/h3-5,7-8,10-13,15,21H,6,9,14,23H2,1-2H3. The zero-order chi connectivity index (χ0) is 19.2. The van der Waals surface area contributed by atoms with Crippen LogP contribution in [-0.4, -0.2) is 29.6 Å². The monoisotopic (exact) mass is 363 g/mol. The SMILES string of the molecule is Cc1ccc(C(N)C(=O)N(C)CCCc2cc(-c3ccccc3)no2)cc1. The molecule has 0 aliphatic rings. The number of carbonyl (C=O) groups excluding carboxylic acids is 1. The number of likely N-dealkylation sites (N-methyl/N-ethyl adjacent to an activating group) is 1. The summed E-state index contributed by atoms with van der Waals surface area (Å²) in [7, 11) is 1.78. The molecule has 5 heteroatoms. The van der Waals surface area contributed by atoms with E-state index in [-0.39, 0.29) is 5.91 Å². The average molecular weight is 363 g/mol. The average Bonchev–Trinajstić information content (AvgIpc) is 3.17. The minimum atomic E-state index is -0.634. The minimum absolute atomic E-state index is 0.0820. The first-order chi connectivity index (χ1) is 13.0. The number of amides is 1. The summed E-state index contributed by atoms with van der Waals surface area (Å²) >= 11 is 0. The first-order valence-corrected chi connectivity index (χ1v) is 9.13. The molecule has 27 heavy (non-hydrogen) atoms. The van der Waals surface area contributed by atoms with Gasteiger partial charge in [0.15, 0.2) is 0 Å². The van der Waals surface area contributed by atoms with Crippen LogP contribution in [0.5, 0.6) is 0 Å². The van der Waals surface area contributed by atoms with Crippen molar-refractivity contribution < 1.29 is 9.32 Å². The summed E-state index contributed by atoms with van der Waals surface area (Å²) in [5.74, 6) is 0.735. The van der Waals surface area contributed by atoms with Gasteiger partial charge in [-0.05, 0) is 18.9 Å². The van der Waals surface area contributed by atoms with Gasteiger partial charge < -0.3 is 15.2 Å². The Bertz CT molecular complexity index is 872. The van der Waals surface area contributed by atoms with Crippen LogP contribution in [0.1, 0.15) is 29.3 Å². The molecule has 1 atom stereocenters. The largest absolute Gasteiger partial charge is 0.361 e. The lowest BCUT2D eigenvalue weighted by Crippen LogP contribution is -2.36. The van der Waals surface area contributed by atoms with Crippen LogP contribution in [0.4, 0.5) is 0 Å². The number of hydrogen-bond acceptors (Lipinski definition) is 4. The molecule has 3 rings (SSSR count). The molecule has 1 unspecified atom stereocenters. The third-order valence-corrected chi connectivity index (χ3v) is 4.62. The van der Waals surface area contributed by atoms with Crippen LogP contribution < -0.4 is 5.73 Å². The van der Waals surface area contributed by atoms with Gasteiger partial charge in [0, 0.05) is 31.6 Å². The van der Waals surface area contributed by atoms with Crippen molar-refractivity contribution in [1.29, 1.82) is 0 Å². The number of benzene rings is 2. The summed E-state index contributed by atoms with van der Waals surface area (Å²) in [5, 5.41) is 4.12. The third-order valence-electron chi connectivity index (χ3n) is 4.62. The predicted molar refractivity (Wildman–Crippen MR) is 106 cm³/mol. The van der Waals surface area contributed by atoms with Crippen LogP contribution in [0.3, 0.4) is 0 Å². The maximum absolute atomic E-state index is 12.5. The normalized spacial score (nSPS) is 12.0. The van der Waals surface area contributed by atoms with Crippen LogP contribution >= 0.6 is 0 Å². The Hall–Kier alpha value is -2.92. The molecule has 140 valence electrons. The summed E-state index contributed by atoms with van der Waals surface area (Å²) in [6.07, 6.45) is 1.50. The van der Waals surface area contributed by atoms with E-state index in [1.807, 2.05) is 67.6 Å². The fourth-order valence-corrected chi connectivity index (χ4v) is 2.93. The summed E-state index contributed by atoms with van der Waals surface area (Å²) in [6, 6.07) is 19.0. The van der Waals surface area contributed by atoms with Gasteiger partial charge in [-0.3, -0.25) is 4.79 Å². The Kier molecular flexibility index (Phi) is 6.04. The van der Waals surface area contributed by atoms with Crippen LogP contribution in [0.25, 0.3) is 11.3 Å². The molecule has 3 aromatic rings. The zero-order valence-electron chi connectivity index (χ0n) is 15.8. The van der Waals surface area contributed by atoms with Gasteiger partial charge in [0.25, 0.3) is 0 Å². The van der Waals surface area contributed by atoms with Gasteiger partial charge in [-0.1, -0.05) is 65.3 Å². The molecule has 0 bridgehead atoms. The van der Waals surface area contributed by atoms with Gasteiger partial charge in [0.1, 0.15) is 17.5 Å². The number of carbonyl (C=O) groups is 1. The molecule has 2 N–H and O–H groups in total. The molecule has 0 aliphatic heterocycles. The van der Waals surface area contributed by atoms with Crippen LogP contribution in [0, 0.1) is 6.92 Å². The van der Waals surface area contributed by atoms with Crippen LogP contribution in [0.2, 0.25) is 0 Å². The number of aromatic nitrogens is 1. The Morgan fingerprint density at radius 1 is 1.15 bits per heavy atom. The van der Waals surface area contributed by atoms with Gasteiger partial charge in [-0.2, -0.15) is 0 Å². The minimum Gasteiger partial charge on any atom is -0.361 e. The topological polar surface area (TPSA) is 72.4 Å². The second-order valence-electron chi connectivity index (χ2n) is 6.80. The lowest BCUT2D eigenvalue weighted by molar-refractivity contribution is -0.131. The molecule has 0 saturated carbocycles. The summed E-state index contributed by atoms with van der Waals surface area (Å²) in [4.78, 5) is 14.2. The van der Waals surface area contributed by atoms with Crippen molar-refractivity contribution in [3.05, 3.63) is 77.6 Å². The number of nitrogens with zero attached hydrogens (tertiary/aromatic N) is 2. The molecule has 0 aliphatic carbocycles. The van der Waals surface area contributed by atoms with E-state index >= 15 is 0 Å². The van der Waals surface area contributed by atoms with E-state index in [0.717, 1.165) is 41.0 Å². The Balaban J connectivity index is 1.50. The second-order valence-corrected chi connectivity index (χ2v) is 6.80. The highest BCUT2D eigenvalue weighted by molar-refractivity contribution is 5.82. The van der Waals surface area contributed by atoms with Crippen molar-refractivity contribution in [2.45, 2.75) is 25.8 Å². The van der Waals surface area contributed by atoms with Crippen molar-refractivity contribution in [2.24, 2.45) is 5.73 Å². The Morgan fingerprint density at radius 3 is 2.56 bits per heavy atom. The number of rotatable bonds is 7. The van der Waals surface area contributed by atoms with E-state index in [4.69, 9.17) is 10.3 Å². The fourth-order valence-electron chi connectivity index (χ4n) is 2.93.